The first-order valence-corrected chi connectivity index (χ1v) is 12.4. The summed E-state index contributed by atoms with van der Waals surface area (Å²) in [5.74, 6) is 0.716. The molecule has 2 aromatic heterocycles. The quantitative estimate of drug-likeness (QED) is 0.437. The Balaban J connectivity index is 1.79. The maximum absolute atomic E-state index is 6.39. The Kier molecular flexibility index (Phi) is 4.87. The van der Waals surface area contributed by atoms with E-state index in [9.17, 15) is 0 Å². The highest BCUT2D eigenvalue weighted by Crippen LogP contribution is 2.34. The average molecular weight is 373 g/mol. The fourth-order valence-electron chi connectivity index (χ4n) is 2.28. The molecular weight excluding hydrogens is 351 g/mol. The molecule has 0 unspecified atom stereocenters. The summed E-state index contributed by atoms with van der Waals surface area (Å²) in [4.78, 5) is 8.63. The Morgan fingerprint density at radius 2 is 2.04 bits per heavy atom. The van der Waals surface area contributed by atoms with E-state index in [2.05, 4.69) is 34.9 Å². The van der Waals surface area contributed by atoms with Crippen molar-refractivity contribution in [2.75, 3.05) is 11.9 Å². The van der Waals surface area contributed by atoms with Crippen LogP contribution in [0.2, 0.25) is 36.0 Å². The highest BCUT2D eigenvalue weighted by atomic mass is 35.5. The SMILES string of the molecule is C[Si](C)(C)CCOCn1cc(Cl)c2c(NC3CC3)nc(Cl)nc21. The molecule has 8 heteroatoms. The van der Waals surface area contributed by atoms with Crippen molar-refractivity contribution in [1.29, 1.82) is 0 Å². The van der Waals surface area contributed by atoms with Crippen LogP contribution in [0.3, 0.4) is 0 Å². The lowest BCUT2D eigenvalue weighted by Gasteiger charge is -2.15. The van der Waals surface area contributed by atoms with Gasteiger partial charge in [0.25, 0.3) is 0 Å². The highest BCUT2D eigenvalue weighted by molar-refractivity contribution is 6.76. The fraction of sp³-hybridized carbons (Fsp3) is 0.600. The van der Waals surface area contributed by atoms with Gasteiger partial charge in [-0.1, -0.05) is 31.2 Å². The van der Waals surface area contributed by atoms with Crippen LogP contribution in [0.5, 0.6) is 0 Å². The highest BCUT2D eigenvalue weighted by Gasteiger charge is 2.24. The third-order valence-corrected chi connectivity index (χ3v) is 5.95. The zero-order valence-corrected chi connectivity index (χ0v) is 16.2. The molecule has 1 N–H and O–H groups in total. The van der Waals surface area contributed by atoms with Gasteiger partial charge in [0.2, 0.25) is 5.28 Å². The summed E-state index contributed by atoms with van der Waals surface area (Å²) in [6.45, 7) is 8.17. The molecule has 0 bridgehead atoms. The van der Waals surface area contributed by atoms with E-state index >= 15 is 0 Å². The summed E-state index contributed by atoms with van der Waals surface area (Å²) in [7, 11) is -1.09. The van der Waals surface area contributed by atoms with Gasteiger partial charge >= 0.3 is 0 Å². The third-order valence-electron chi connectivity index (χ3n) is 3.79. The van der Waals surface area contributed by atoms with Crippen LogP contribution in [-0.4, -0.2) is 35.3 Å². The summed E-state index contributed by atoms with van der Waals surface area (Å²) >= 11 is 12.5. The van der Waals surface area contributed by atoms with E-state index in [0.717, 1.165) is 30.9 Å². The number of nitrogens with zero attached hydrogens (tertiary/aromatic N) is 3. The van der Waals surface area contributed by atoms with Gasteiger partial charge < -0.3 is 14.6 Å². The second kappa shape index (κ2) is 6.59. The molecule has 1 fully saturated rings. The van der Waals surface area contributed by atoms with E-state index in [1.165, 1.54) is 0 Å². The minimum atomic E-state index is -1.09. The van der Waals surface area contributed by atoms with E-state index in [1.54, 1.807) is 0 Å². The molecule has 0 radical (unpaired) electrons. The van der Waals surface area contributed by atoms with Gasteiger partial charge in [-0.2, -0.15) is 9.97 Å². The Labute approximate surface area is 147 Å². The maximum atomic E-state index is 6.39. The number of ether oxygens (including phenoxy) is 1. The number of rotatable bonds is 7. The smallest absolute Gasteiger partial charge is 0.226 e. The van der Waals surface area contributed by atoms with Crippen LogP contribution in [0.15, 0.2) is 6.20 Å². The number of hydrogen-bond acceptors (Lipinski definition) is 4. The standard InChI is InChI=1S/C15H22Cl2N4OSi/c1-23(2,3)7-6-22-9-21-8-11(16)12-13(18-10-4-5-10)19-15(17)20-14(12)21/h8,10H,4-7,9H2,1-3H3,(H,18,19,20). The average Bonchev–Trinajstić information content (AvgIpc) is 3.18. The van der Waals surface area contributed by atoms with Crippen LogP contribution < -0.4 is 5.32 Å². The van der Waals surface area contributed by atoms with E-state index in [0.29, 0.717) is 29.3 Å². The first-order chi connectivity index (χ1) is 10.8. The summed E-state index contributed by atoms with van der Waals surface area (Å²) in [6.07, 6.45) is 4.15. The van der Waals surface area contributed by atoms with Crippen LogP contribution in [0.1, 0.15) is 12.8 Å². The summed E-state index contributed by atoms with van der Waals surface area (Å²) in [5.41, 5.74) is 0.714. The normalized spacial score (nSPS) is 15.3. The summed E-state index contributed by atoms with van der Waals surface area (Å²) < 4.78 is 7.70. The number of aromatic nitrogens is 3. The van der Waals surface area contributed by atoms with Crippen LogP contribution >= 0.6 is 23.2 Å². The van der Waals surface area contributed by atoms with Crippen molar-refractivity contribution in [2.24, 2.45) is 0 Å². The molecule has 0 saturated heterocycles. The predicted molar refractivity (Wildman–Crippen MR) is 98.3 cm³/mol. The van der Waals surface area contributed by atoms with Gasteiger partial charge in [0.05, 0.1) is 10.4 Å². The molecule has 0 aliphatic heterocycles. The van der Waals surface area contributed by atoms with Gasteiger partial charge in [0.15, 0.2) is 5.65 Å². The molecule has 23 heavy (non-hydrogen) atoms. The molecule has 0 amide bonds. The largest absolute Gasteiger partial charge is 0.367 e. The first kappa shape index (κ1) is 17.0. The van der Waals surface area contributed by atoms with Crippen molar-refractivity contribution in [3.05, 3.63) is 16.5 Å². The predicted octanol–water partition coefficient (Wildman–Crippen LogP) is 4.62. The molecule has 126 valence electrons. The van der Waals surface area contributed by atoms with Crippen molar-refractivity contribution in [3.63, 3.8) is 0 Å². The van der Waals surface area contributed by atoms with Crippen molar-refractivity contribution in [1.82, 2.24) is 14.5 Å². The Hall–Kier alpha value is -0.823. The number of fused-ring (bicyclic) bond motifs is 1. The lowest BCUT2D eigenvalue weighted by Crippen LogP contribution is -2.22. The van der Waals surface area contributed by atoms with Crippen molar-refractivity contribution in [2.45, 2.75) is 51.3 Å². The zero-order chi connectivity index (χ0) is 16.6. The van der Waals surface area contributed by atoms with E-state index < -0.39 is 8.07 Å². The van der Waals surface area contributed by atoms with Crippen LogP contribution in [0.25, 0.3) is 11.0 Å². The lowest BCUT2D eigenvalue weighted by atomic mass is 10.3. The van der Waals surface area contributed by atoms with Crippen molar-refractivity contribution in [3.8, 4) is 0 Å². The summed E-state index contributed by atoms with van der Waals surface area (Å²) in [6, 6.07) is 1.60. The van der Waals surface area contributed by atoms with Crippen LogP contribution in [0.4, 0.5) is 5.82 Å². The Morgan fingerprint density at radius 1 is 1.30 bits per heavy atom. The second-order valence-corrected chi connectivity index (χ2v) is 13.6. The Bertz CT molecular complexity index is 710. The first-order valence-electron chi connectivity index (χ1n) is 7.90. The van der Waals surface area contributed by atoms with Gasteiger partial charge in [-0.05, 0) is 30.5 Å². The minimum absolute atomic E-state index is 0.221. The Morgan fingerprint density at radius 3 is 2.70 bits per heavy atom. The van der Waals surface area contributed by atoms with Crippen molar-refractivity contribution >= 4 is 48.1 Å². The maximum Gasteiger partial charge on any atom is 0.226 e. The van der Waals surface area contributed by atoms with Gasteiger partial charge in [0, 0.05) is 26.9 Å². The summed E-state index contributed by atoms with van der Waals surface area (Å²) in [5, 5.41) is 5.03. The van der Waals surface area contributed by atoms with E-state index in [1.807, 2.05) is 10.8 Å². The molecule has 0 spiro atoms. The van der Waals surface area contributed by atoms with Gasteiger partial charge in [-0.25, -0.2) is 0 Å². The molecule has 2 aromatic rings. The molecule has 2 heterocycles. The minimum Gasteiger partial charge on any atom is -0.367 e. The number of anilines is 1. The number of halogens is 2. The topological polar surface area (TPSA) is 52.0 Å². The molecule has 3 rings (SSSR count). The lowest BCUT2D eigenvalue weighted by molar-refractivity contribution is 0.0899. The zero-order valence-electron chi connectivity index (χ0n) is 13.7. The molecule has 1 aliphatic carbocycles. The van der Waals surface area contributed by atoms with Crippen molar-refractivity contribution < 1.29 is 4.74 Å². The van der Waals surface area contributed by atoms with Gasteiger partial charge in [0.1, 0.15) is 12.5 Å². The number of hydrogen-bond donors (Lipinski definition) is 1. The fourth-order valence-corrected chi connectivity index (χ4v) is 3.49. The molecular formula is C15H22Cl2N4OSi. The van der Waals surface area contributed by atoms with E-state index in [-0.39, 0.29) is 5.28 Å². The second-order valence-electron chi connectivity index (χ2n) is 7.25. The van der Waals surface area contributed by atoms with Gasteiger partial charge in [-0.3, -0.25) is 0 Å². The third kappa shape index (κ3) is 4.38. The van der Waals surface area contributed by atoms with Crippen LogP contribution in [0, 0.1) is 0 Å². The molecule has 0 aromatic carbocycles. The molecule has 0 atom stereocenters. The van der Waals surface area contributed by atoms with E-state index in [4.69, 9.17) is 27.9 Å². The van der Waals surface area contributed by atoms with Gasteiger partial charge in [-0.15, -0.1) is 0 Å². The monoisotopic (exact) mass is 372 g/mol. The number of nitrogens with one attached hydrogen (secondary N) is 1. The van der Waals surface area contributed by atoms with Crippen LogP contribution in [-0.2, 0) is 11.5 Å². The molecule has 1 saturated carbocycles. The molecule has 1 aliphatic rings. The molecule has 5 nitrogen and oxygen atoms in total.